The minimum atomic E-state index is -0.197. The third kappa shape index (κ3) is 3.30. The first-order chi connectivity index (χ1) is 8.66. The number of aromatic nitrogens is 2. The molecule has 2 aromatic rings. The van der Waals surface area contributed by atoms with Gasteiger partial charge >= 0.3 is 0 Å². The molecule has 1 atom stereocenters. The molecule has 0 saturated carbocycles. The molecule has 0 aliphatic heterocycles. The molecular formula is C12H13N3OS2. The second-order valence-corrected chi connectivity index (χ2v) is 6.19. The minimum Gasteiger partial charge on any atom is -0.325 e. The monoisotopic (exact) mass is 279 g/mol. The van der Waals surface area contributed by atoms with Crippen LogP contribution in [-0.4, -0.2) is 21.4 Å². The van der Waals surface area contributed by atoms with Crippen LogP contribution in [0.2, 0.25) is 0 Å². The maximum Gasteiger partial charge on any atom is 0.237 e. The summed E-state index contributed by atoms with van der Waals surface area (Å²) in [6, 6.07) is 7.73. The van der Waals surface area contributed by atoms with Gasteiger partial charge in [0.15, 0.2) is 4.34 Å². The Bertz CT molecular complexity index is 528. The number of carbonyl (C=O) groups is 1. The van der Waals surface area contributed by atoms with Crippen LogP contribution in [0.25, 0.3) is 0 Å². The average molecular weight is 279 g/mol. The van der Waals surface area contributed by atoms with E-state index in [-0.39, 0.29) is 11.2 Å². The standard InChI is InChI=1S/C12H13N3OS2/c1-8-5-3-4-6-10(8)14-11(16)9(2)18-12-15-13-7-17-12/h3-7,9H,1-2H3,(H,14,16). The molecule has 1 unspecified atom stereocenters. The summed E-state index contributed by atoms with van der Waals surface area (Å²) in [5, 5.41) is 10.4. The average Bonchev–Trinajstić information content (AvgIpc) is 2.84. The quantitative estimate of drug-likeness (QED) is 0.874. The maximum absolute atomic E-state index is 12.0. The van der Waals surface area contributed by atoms with Crippen molar-refractivity contribution in [3.63, 3.8) is 0 Å². The lowest BCUT2D eigenvalue weighted by atomic mass is 10.2. The van der Waals surface area contributed by atoms with E-state index in [1.807, 2.05) is 38.1 Å². The van der Waals surface area contributed by atoms with E-state index in [9.17, 15) is 4.79 Å². The molecule has 0 spiro atoms. The molecule has 1 aromatic heterocycles. The fourth-order valence-electron chi connectivity index (χ4n) is 1.37. The Balaban J connectivity index is 1.98. The summed E-state index contributed by atoms with van der Waals surface area (Å²) in [6.45, 7) is 3.83. The van der Waals surface area contributed by atoms with Crippen LogP contribution in [0, 0.1) is 6.92 Å². The van der Waals surface area contributed by atoms with Crippen molar-refractivity contribution in [2.24, 2.45) is 0 Å². The Hall–Kier alpha value is -1.40. The van der Waals surface area contributed by atoms with Crippen molar-refractivity contribution in [2.45, 2.75) is 23.4 Å². The van der Waals surface area contributed by atoms with Gasteiger partial charge in [0, 0.05) is 5.69 Å². The van der Waals surface area contributed by atoms with Gasteiger partial charge < -0.3 is 5.32 Å². The highest BCUT2D eigenvalue weighted by molar-refractivity contribution is 8.02. The van der Waals surface area contributed by atoms with Crippen molar-refractivity contribution in [3.8, 4) is 0 Å². The highest BCUT2D eigenvalue weighted by atomic mass is 32.2. The number of hydrogen-bond donors (Lipinski definition) is 1. The van der Waals surface area contributed by atoms with Crippen molar-refractivity contribution < 1.29 is 4.79 Å². The number of thioether (sulfide) groups is 1. The van der Waals surface area contributed by atoms with Crippen molar-refractivity contribution in [3.05, 3.63) is 35.3 Å². The number of benzene rings is 1. The van der Waals surface area contributed by atoms with Gasteiger partial charge in [-0.1, -0.05) is 41.3 Å². The number of nitrogens with zero attached hydrogens (tertiary/aromatic N) is 2. The molecule has 0 bridgehead atoms. The summed E-state index contributed by atoms with van der Waals surface area (Å²) in [4.78, 5) is 12.0. The van der Waals surface area contributed by atoms with Crippen molar-refractivity contribution >= 4 is 34.7 Å². The fourth-order valence-corrected chi connectivity index (χ4v) is 2.99. The molecule has 6 heteroatoms. The van der Waals surface area contributed by atoms with E-state index in [2.05, 4.69) is 15.5 Å². The van der Waals surface area contributed by atoms with Crippen LogP contribution in [-0.2, 0) is 4.79 Å². The van der Waals surface area contributed by atoms with E-state index in [0.29, 0.717) is 0 Å². The molecule has 4 nitrogen and oxygen atoms in total. The van der Waals surface area contributed by atoms with E-state index in [1.54, 1.807) is 5.51 Å². The number of amides is 1. The van der Waals surface area contributed by atoms with E-state index >= 15 is 0 Å². The molecule has 0 radical (unpaired) electrons. The van der Waals surface area contributed by atoms with E-state index in [0.717, 1.165) is 15.6 Å². The normalized spacial score (nSPS) is 12.1. The van der Waals surface area contributed by atoms with Gasteiger partial charge in [0.2, 0.25) is 5.91 Å². The zero-order chi connectivity index (χ0) is 13.0. The maximum atomic E-state index is 12.0. The van der Waals surface area contributed by atoms with Gasteiger partial charge in [0.1, 0.15) is 5.51 Å². The highest BCUT2D eigenvalue weighted by Gasteiger charge is 2.16. The summed E-state index contributed by atoms with van der Waals surface area (Å²) in [5.74, 6) is -0.0236. The third-order valence-corrected chi connectivity index (χ3v) is 4.30. The Labute approximate surface area is 114 Å². The number of carbonyl (C=O) groups excluding carboxylic acids is 1. The van der Waals surface area contributed by atoms with E-state index < -0.39 is 0 Å². The molecule has 1 heterocycles. The first kappa shape index (κ1) is 13.0. The number of para-hydroxylation sites is 1. The van der Waals surface area contributed by atoms with Crippen molar-refractivity contribution in [1.82, 2.24) is 10.2 Å². The summed E-state index contributed by atoms with van der Waals surface area (Å²) in [7, 11) is 0. The SMILES string of the molecule is Cc1ccccc1NC(=O)C(C)Sc1nncs1. The number of anilines is 1. The van der Waals surface area contributed by atoms with Gasteiger partial charge in [0.25, 0.3) is 0 Å². The lowest BCUT2D eigenvalue weighted by molar-refractivity contribution is -0.115. The van der Waals surface area contributed by atoms with Crippen LogP contribution < -0.4 is 5.32 Å². The number of aryl methyl sites for hydroxylation is 1. The molecule has 0 saturated heterocycles. The molecule has 1 aromatic carbocycles. The Morgan fingerprint density at radius 2 is 2.22 bits per heavy atom. The summed E-state index contributed by atoms with van der Waals surface area (Å²) in [5.41, 5.74) is 3.57. The largest absolute Gasteiger partial charge is 0.325 e. The number of nitrogens with one attached hydrogen (secondary N) is 1. The first-order valence-corrected chi connectivity index (χ1v) is 7.22. The van der Waals surface area contributed by atoms with Crippen LogP contribution in [0.3, 0.4) is 0 Å². The van der Waals surface area contributed by atoms with Crippen LogP contribution >= 0.6 is 23.1 Å². The third-order valence-electron chi connectivity index (χ3n) is 2.39. The summed E-state index contributed by atoms with van der Waals surface area (Å²) >= 11 is 2.86. The number of rotatable bonds is 4. The van der Waals surface area contributed by atoms with Crippen molar-refractivity contribution in [1.29, 1.82) is 0 Å². The Kier molecular flexibility index (Phi) is 4.33. The fraction of sp³-hybridized carbons (Fsp3) is 0.250. The topological polar surface area (TPSA) is 54.9 Å². The summed E-state index contributed by atoms with van der Waals surface area (Å²) < 4.78 is 0.808. The lowest BCUT2D eigenvalue weighted by Gasteiger charge is -2.11. The minimum absolute atomic E-state index is 0.0236. The predicted octanol–water partition coefficient (Wildman–Crippen LogP) is 2.97. The lowest BCUT2D eigenvalue weighted by Crippen LogP contribution is -2.22. The molecular weight excluding hydrogens is 266 g/mol. The van der Waals surface area contributed by atoms with Gasteiger partial charge in [0.05, 0.1) is 5.25 Å². The second kappa shape index (κ2) is 5.97. The number of hydrogen-bond acceptors (Lipinski definition) is 5. The van der Waals surface area contributed by atoms with Crippen LogP contribution in [0.1, 0.15) is 12.5 Å². The molecule has 2 rings (SSSR count). The zero-order valence-corrected chi connectivity index (χ0v) is 11.7. The van der Waals surface area contributed by atoms with Crippen molar-refractivity contribution in [2.75, 3.05) is 5.32 Å². The Morgan fingerprint density at radius 1 is 1.44 bits per heavy atom. The zero-order valence-electron chi connectivity index (χ0n) is 10.1. The highest BCUT2D eigenvalue weighted by Crippen LogP contribution is 2.25. The van der Waals surface area contributed by atoms with Gasteiger partial charge in [-0.2, -0.15) is 0 Å². The molecule has 18 heavy (non-hydrogen) atoms. The van der Waals surface area contributed by atoms with Gasteiger partial charge in [-0.15, -0.1) is 10.2 Å². The van der Waals surface area contributed by atoms with Gasteiger partial charge in [-0.3, -0.25) is 4.79 Å². The van der Waals surface area contributed by atoms with E-state index in [4.69, 9.17) is 0 Å². The molecule has 94 valence electrons. The van der Waals surface area contributed by atoms with Crippen LogP contribution in [0.4, 0.5) is 5.69 Å². The molecule has 0 aliphatic carbocycles. The van der Waals surface area contributed by atoms with Gasteiger partial charge in [-0.05, 0) is 25.5 Å². The van der Waals surface area contributed by atoms with Crippen LogP contribution in [0.15, 0.2) is 34.1 Å². The summed E-state index contributed by atoms with van der Waals surface area (Å²) in [6.07, 6.45) is 0. The second-order valence-electron chi connectivity index (χ2n) is 3.77. The van der Waals surface area contributed by atoms with Crippen LogP contribution in [0.5, 0.6) is 0 Å². The first-order valence-electron chi connectivity index (χ1n) is 5.46. The molecule has 1 N–H and O–H groups in total. The molecule has 1 amide bonds. The molecule has 0 fully saturated rings. The Morgan fingerprint density at radius 3 is 2.89 bits per heavy atom. The van der Waals surface area contributed by atoms with E-state index in [1.165, 1.54) is 23.1 Å². The van der Waals surface area contributed by atoms with Gasteiger partial charge in [-0.25, -0.2) is 0 Å². The molecule has 0 aliphatic rings. The predicted molar refractivity (Wildman–Crippen MR) is 75.0 cm³/mol. The smallest absolute Gasteiger partial charge is 0.237 e.